The molecular weight excluding hydrogens is 379 g/mol. The monoisotopic (exact) mass is 386 g/mol. The number of hydrogen-bond acceptors (Lipinski definition) is 5. The van der Waals surface area contributed by atoms with Crippen molar-refractivity contribution in [3.63, 3.8) is 0 Å². The zero-order valence-electron chi connectivity index (χ0n) is 11.7. The number of aromatic nitrogens is 2. The van der Waals surface area contributed by atoms with Gasteiger partial charge in [0.15, 0.2) is 0 Å². The van der Waals surface area contributed by atoms with E-state index in [9.17, 15) is 23.2 Å². The highest BCUT2D eigenvalue weighted by Gasteiger charge is 2.23. The summed E-state index contributed by atoms with van der Waals surface area (Å²) < 4.78 is 25.6. The van der Waals surface area contributed by atoms with Crippen molar-refractivity contribution in [3.05, 3.63) is 67.3 Å². The molecule has 0 aliphatic rings. The van der Waals surface area contributed by atoms with Gasteiger partial charge >= 0.3 is 5.69 Å². The van der Waals surface area contributed by atoms with E-state index in [-0.39, 0.29) is 35.5 Å². The molecule has 0 fully saturated rings. The maximum Gasteiger partial charge on any atom is 0.362 e. The summed E-state index contributed by atoms with van der Waals surface area (Å²) in [5, 5.41) is 9.44. The predicted octanol–water partition coefficient (Wildman–Crippen LogP) is 2.07. The van der Waals surface area contributed by atoms with E-state index in [1.54, 1.807) is 0 Å². The van der Waals surface area contributed by atoms with Crippen molar-refractivity contribution >= 4 is 43.9 Å². The third kappa shape index (κ3) is 2.58. The number of nitrogens with one attached hydrogen (secondary N) is 1. The molecule has 1 aromatic heterocycles. The van der Waals surface area contributed by atoms with Gasteiger partial charge in [0, 0.05) is 10.0 Å². The Morgan fingerprint density at radius 3 is 2.29 bits per heavy atom. The SMILES string of the molecule is O=c1[nH]c2c(S(=O)(=O)c3cc(Cl)cc(Cl)c3)cccc2c(=O)n1O. The minimum atomic E-state index is -4.13. The number of sulfone groups is 1. The van der Waals surface area contributed by atoms with E-state index in [2.05, 4.69) is 4.98 Å². The van der Waals surface area contributed by atoms with Crippen molar-refractivity contribution < 1.29 is 13.6 Å². The molecular formula is C14H8Cl2N2O5S. The van der Waals surface area contributed by atoms with Crippen molar-refractivity contribution in [1.82, 2.24) is 9.71 Å². The maximum absolute atomic E-state index is 12.8. The zero-order valence-corrected chi connectivity index (χ0v) is 14.0. The van der Waals surface area contributed by atoms with E-state index in [0.29, 0.717) is 0 Å². The minimum absolute atomic E-state index is 0.118. The van der Waals surface area contributed by atoms with Crippen LogP contribution in [0.3, 0.4) is 0 Å². The first kappa shape index (κ1) is 16.6. The van der Waals surface area contributed by atoms with Gasteiger partial charge in [0.05, 0.1) is 20.7 Å². The number of H-pyrrole nitrogens is 1. The Hall–Kier alpha value is -2.29. The third-order valence-electron chi connectivity index (χ3n) is 3.31. The standard InChI is InChI=1S/C14H8Cl2N2O5S/c15-7-4-8(16)6-9(5-7)24(22,23)11-3-1-2-10-12(11)17-14(20)18(21)13(10)19/h1-6,21H,(H,17,20). The minimum Gasteiger partial charge on any atom is -0.421 e. The van der Waals surface area contributed by atoms with Gasteiger partial charge in [-0.2, -0.15) is 0 Å². The highest BCUT2D eigenvalue weighted by molar-refractivity contribution is 7.91. The molecule has 0 aliphatic carbocycles. The molecule has 2 N–H and O–H groups in total. The Balaban J connectivity index is 2.41. The van der Waals surface area contributed by atoms with Gasteiger partial charge in [-0.3, -0.25) is 4.79 Å². The fourth-order valence-corrected chi connectivity index (χ4v) is 4.40. The van der Waals surface area contributed by atoms with Crippen LogP contribution in [0.25, 0.3) is 10.9 Å². The van der Waals surface area contributed by atoms with E-state index in [4.69, 9.17) is 23.2 Å². The van der Waals surface area contributed by atoms with Gasteiger partial charge < -0.3 is 10.2 Å². The van der Waals surface area contributed by atoms with Crippen molar-refractivity contribution in [2.45, 2.75) is 9.79 Å². The van der Waals surface area contributed by atoms with Crippen LogP contribution in [0.2, 0.25) is 10.0 Å². The molecule has 2 aromatic carbocycles. The number of rotatable bonds is 2. The van der Waals surface area contributed by atoms with Crippen LogP contribution in [0.5, 0.6) is 0 Å². The Bertz CT molecular complexity index is 1180. The number of nitrogens with zero attached hydrogens (tertiary/aromatic N) is 1. The molecule has 0 aliphatic heterocycles. The molecule has 0 spiro atoms. The van der Waals surface area contributed by atoms with E-state index in [0.717, 1.165) is 0 Å². The molecule has 24 heavy (non-hydrogen) atoms. The molecule has 0 amide bonds. The third-order valence-corrected chi connectivity index (χ3v) is 5.52. The van der Waals surface area contributed by atoms with Gasteiger partial charge in [-0.15, -0.1) is 0 Å². The summed E-state index contributed by atoms with van der Waals surface area (Å²) in [5.41, 5.74) is -2.40. The van der Waals surface area contributed by atoms with Gasteiger partial charge in [0.1, 0.15) is 0 Å². The van der Waals surface area contributed by atoms with E-state index in [1.165, 1.54) is 36.4 Å². The van der Waals surface area contributed by atoms with Crippen LogP contribution in [0.1, 0.15) is 0 Å². The zero-order chi connectivity index (χ0) is 17.6. The summed E-state index contributed by atoms with van der Waals surface area (Å²) in [6.07, 6.45) is 0. The highest BCUT2D eigenvalue weighted by atomic mass is 35.5. The number of aromatic amines is 1. The summed E-state index contributed by atoms with van der Waals surface area (Å²) in [4.78, 5) is 25.2. The molecule has 10 heteroatoms. The van der Waals surface area contributed by atoms with Gasteiger partial charge in [0.25, 0.3) is 5.56 Å². The largest absolute Gasteiger partial charge is 0.421 e. The first-order valence-electron chi connectivity index (χ1n) is 6.40. The van der Waals surface area contributed by atoms with Crippen molar-refractivity contribution in [2.24, 2.45) is 0 Å². The lowest BCUT2D eigenvalue weighted by Crippen LogP contribution is -2.33. The Kier molecular flexibility index (Phi) is 3.90. The van der Waals surface area contributed by atoms with Crippen LogP contribution < -0.4 is 11.2 Å². The second-order valence-corrected chi connectivity index (χ2v) is 7.63. The molecule has 0 saturated carbocycles. The topological polar surface area (TPSA) is 109 Å². The maximum atomic E-state index is 12.8. The average Bonchev–Trinajstić information content (AvgIpc) is 2.51. The fraction of sp³-hybridized carbons (Fsp3) is 0. The predicted molar refractivity (Wildman–Crippen MR) is 87.9 cm³/mol. The molecule has 0 unspecified atom stereocenters. The summed E-state index contributed by atoms with van der Waals surface area (Å²) in [6, 6.07) is 7.60. The van der Waals surface area contributed by atoms with E-state index in [1.807, 2.05) is 0 Å². The van der Waals surface area contributed by atoms with Gasteiger partial charge in [-0.25, -0.2) is 13.2 Å². The molecule has 0 atom stereocenters. The van der Waals surface area contributed by atoms with Crippen LogP contribution in [-0.4, -0.2) is 23.3 Å². The molecule has 0 saturated heterocycles. The second-order valence-electron chi connectivity index (χ2n) is 4.83. The first-order valence-corrected chi connectivity index (χ1v) is 8.64. The lowest BCUT2D eigenvalue weighted by Gasteiger charge is -2.09. The summed E-state index contributed by atoms with van der Waals surface area (Å²) >= 11 is 11.7. The van der Waals surface area contributed by atoms with Crippen LogP contribution >= 0.6 is 23.2 Å². The van der Waals surface area contributed by atoms with Crippen LogP contribution in [-0.2, 0) is 9.84 Å². The summed E-state index contributed by atoms with van der Waals surface area (Å²) in [7, 11) is -4.13. The lowest BCUT2D eigenvalue weighted by molar-refractivity contribution is 0.162. The van der Waals surface area contributed by atoms with Crippen molar-refractivity contribution in [2.75, 3.05) is 0 Å². The Morgan fingerprint density at radius 1 is 1.04 bits per heavy atom. The molecule has 0 radical (unpaired) electrons. The van der Waals surface area contributed by atoms with Crippen molar-refractivity contribution in [1.29, 1.82) is 0 Å². The van der Waals surface area contributed by atoms with Crippen LogP contribution in [0.4, 0.5) is 0 Å². The molecule has 3 aromatic rings. The molecule has 7 nitrogen and oxygen atoms in total. The van der Waals surface area contributed by atoms with Crippen LogP contribution in [0, 0.1) is 0 Å². The lowest BCUT2D eigenvalue weighted by atomic mass is 10.2. The number of benzene rings is 2. The van der Waals surface area contributed by atoms with Gasteiger partial charge in [-0.05, 0) is 30.3 Å². The fourth-order valence-electron chi connectivity index (χ4n) is 2.24. The molecule has 3 rings (SSSR count). The van der Waals surface area contributed by atoms with Gasteiger partial charge in [-0.1, -0.05) is 34.0 Å². The normalized spacial score (nSPS) is 11.8. The molecule has 1 heterocycles. The Morgan fingerprint density at radius 2 is 1.67 bits per heavy atom. The average molecular weight is 387 g/mol. The quantitative estimate of drug-likeness (QED) is 0.655. The Labute approximate surface area is 144 Å². The highest BCUT2D eigenvalue weighted by Crippen LogP contribution is 2.29. The number of fused-ring (bicyclic) bond motifs is 1. The summed E-state index contributed by atoms with van der Waals surface area (Å²) in [5.74, 6) is 0. The molecule has 124 valence electrons. The van der Waals surface area contributed by atoms with Gasteiger partial charge in [0.2, 0.25) is 9.84 Å². The second kappa shape index (κ2) is 5.66. The molecule has 0 bridgehead atoms. The first-order chi connectivity index (χ1) is 11.2. The number of hydrogen-bond donors (Lipinski definition) is 2. The van der Waals surface area contributed by atoms with E-state index < -0.39 is 21.1 Å². The number of halogens is 2. The smallest absolute Gasteiger partial charge is 0.362 e. The number of para-hydroxylation sites is 1. The van der Waals surface area contributed by atoms with E-state index >= 15 is 0 Å². The van der Waals surface area contributed by atoms with Crippen LogP contribution in [0.15, 0.2) is 55.8 Å². The van der Waals surface area contributed by atoms with Crippen molar-refractivity contribution in [3.8, 4) is 0 Å². The summed E-state index contributed by atoms with van der Waals surface area (Å²) in [6.45, 7) is 0.